The number of anilines is 3. The van der Waals surface area contributed by atoms with Crippen LogP contribution in [-0.4, -0.2) is 158 Å². The van der Waals surface area contributed by atoms with E-state index in [1.165, 1.54) is 76.4 Å². The van der Waals surface area contributed by atoms with Crippen LogP contribution in [0.5, 0.6) is 11.5 Å². The molecule has 100 heavy (non-hydrogen) atoms. The number of nitrogens with two attached hydrogens (primary N) is 4. The van der Waals surface area contributed by atoms with Crippen LogP contribution in [0, 0.1) is 0 Å². The van der Waals surface area contributed by atoms with Crippen LogP contribution in [0.25, 0.3) is 20.9 Å². The number of nitrogen functional groups attached to an aromatic ring is 3. The first-order valence-electron chi connectivity index (χ1n) is 28.8. The van der Waals surface area contributed by atoms with Gasteiger partial charge in [-0.3, -0.25) is 32.3 Å². The maximum absolute atomic E-state index is 16.2. The summed E-state index contributed by atoms with van der Waals surface area (Å²) in [4.78, 5) is 76.9. The molecule has 0 aliphatic carbocycles. The quantitative estimate of drug-likeness (QED) is 0.0125. The van der Waals surface area contributed by atoms with Crippen LogP contribution in [-0.2, 0) is 51.5 Å². The minimum atomic E-state index is -4.56. The van der Waals surface area contributed by atoms with Gasteiger partial charge in [-0.05, 0) is 116 Å². The number of aromatic nitrogens is 6. The van der Waals surface area contributed by atoms with Gasteiger partial charge in [-0.2, -0.15) is 25.1 Å². The molecule has 16 atom stereocenters. The number of hydrogen-bond donors (Lipinski definition) is 10. The monoisotopic (exact) mass is 1460 g/mol. The molecule has 0 amide bonds. The van der Waals surface area contributed by atoms with E-state index in [1.807, 2.05) is 0 Å². The summed E-state index contributed by atoms with van der Waals surface area (Å²) in [6, 6.07) is 16.8. The predicted molar refractivity (Wildman–Crippen MR) is 353 cm³/mol. The lowest BCUT2D eigenvalue weighted by molar-refractivity contribution is -0.207. The van der Waals surface area contributed by atoms with E-state index >= 15 is 8.78 Å². The molecule has 5 aromatic rings. The normalized spacial score (nSPS) is 28.3. The summed E-state index contributed by atoms with van der Waals surface area (Å²) in [5.41, 5.74) is 31.6. The number of halogens is 3. The molecule has 43 heteroatoms. The summed E-state index contributed by atoms with van der Waals surface area (Å²) in [5.74, 6) is -10.8. The Morgan fingerprint density at radius 3 is 1.22 bits per heavy atom. The first-order chi connectivity index (χ1) is 45.2. The fraction of sp³-hybridized carbons (Fsp3) is 0.544. The molecule has 0 radical (unpaired) electrons. The molecule has 14 N–H and O–H groups in total. The summed E-state index contributed by atoms with van der Waals surface area (Å²) in [6.45, 7) is 9.20. The highest BCUT2D eigenvalue weighted by molar-refractivity contribution is 7.52. The van der Waals surface area contributed by atoms with Crippen molar-refractivity contribution in [1.82, 2.24) is 38.8 Å². The third kappa shape index (κ3) is 19.7. The number of aliphatic hydroxyl groups excluding tert-OH is 4. The van der Waals surface area contributed by atoms with Crippen molar-refractivity contribution in [3.05, 3.63) is 150 Å². The van der Waals surface area contributed by atoms with Gasteiger partial charge >= 0.3 is 44.5 Å². The summed E-state index contributed by atoms with van der Waals surface area (Å²) in [6.07, 6.45) is -8.47. The van der Waals surface area contributed by atoms with E-state index < -0.39 is 160 Å². The zero-order valence-electron chi connectivity index (χ0n) is 53.2. The van der Waals surface area contributed by atoms with E-state index in [-0.39, 0.29) is 51.2 Å². The van der Waals surface area contributed by atoms with Gasteiger partial charge in [-0.25, -0.2) is 36.7 Å². The average molecular weight is 1460 g/mol. The SMILES string of the molecule is C.C.C.CC(C)OC(=O)[C@H](C)NP(=O)(OC[C@@]1(F)O[C@@H](n2ccc(N)nc2=O)[C@](C)(N)[C@@H]1O)Oc1ccccc1.CC(C)OC(=O)[C@H](C)NP(=O)(OC[C@@]1(F)O[C@@H](n2ccc(N)nc2=O)[C@](C)(N=[N+]=[N-])[C@@H]1O)Oc1ccccc1.C[C@]1(N=[N+]=[N-])[C@H](n2ccc(N)nc2=O)O[C@](F)(CO)[C@H]1O. The van der Waals surface area contributed by atoms with E-state index in [2.05, 4.69) is 45.2 Å². The highest BCUT2D eigenvalue weighted by Crippen LogP contribution is 2.53. The van der Waals surface area contributed by atoms with E-state index in [0.29, 0.717) is 0 Å². The van der Waals surface area contributed by atoms with Crippen LogP contribution in [0.1, 0.15) is 103 Å². The van der Waals surface area contributed by atoms with Gasteiger partial charge in [-0.15, -0.1) is 0 Å². The van der Waals surface area contributed by atoms with Crippen LogP contribution >= 0.6 is 15.5 Å². The second kappa shape index (κ2) is 34.2. The van der Waals surface area contributed by atoms with Crippen molar-refractivity contribution in [2.45, 2.75) is 180 Å². The minimum Gasteiger partial charge on any atom is -0.462 e. The lowest BCUT2D eigenvalue weighted by Gasteiger charge is -2.29. The Kier molecular flexibility index (Phi) is 29.3. The molecule has 3 aliphatic rings. The number of carbonyl (C=O) groups is 2. The first kappa shape index (κ1) is 85.6. The number of rotatable bonds is 24. The zero-order chi connectivity index (χ0) is 72.4. The van der Waals surface area contributed by atoms with Gasteiger partial charge in [0.2, 0.25) is 0 Å². The van der Waals surface area contributed by atoms with Gasteiger partial charge in [0, 0.05) is 28.4 Å². The molecule has 2 aromatic carbocycles. The van der Waals surface area contributed by atoms with Crippen molar-refractivity contribution >= 4 is 44.9 Å². The van der Waals surface area contributed by atoms with Crippen molar-refractivity contribution in [2.24, 2.45) is 16.0 Å². The standard InChI is InChI=1S/C22H29FN7O8P.C22H31FN5O8P.C10H13FN6O4.3CH4/c1-13(2)36-17(31)14(3)27-39(34,38-15-8-6-5-7-9-15)35-12-22(23)18(32)21(4,28-29-25)19(37-22)30-11-10-16(24)26-20(30)33;1-13(2)34-17(29)14(3)27-37(32,36-15-8-6-5-7-9-15)33-12-22(23)18(30)21(4,25)19(35-22)28-11-10-16(24)26-20(28)31;1-9(15-16-13)6(19)10(11,4-18)21-7(9)17-3-2-5(12)14-8(17)20;;;/h5-11,13-14,18-19,32H,12H2,1-4H3,(H,27,34)(H2,24,26,33);5-11,13-14,18-19,30H,12,25H2,1-4H3,(H,27,32)(H2,24,26,31);2-3,6-7,18-19H,4H2,1H3,(H2,12,14,20);3*1H4/t14-,18-,19+,21+,22+,39?;14-,18-,19+,21+,22+,37?;6-,7+,9+,10+;;;/m000.../s1. The summed E-state index contributed by atoms with van der Waals surface area (Å²) in [7, 11) is -9.05. The molecule has 2 unspecified atom stereocenters. The van der Waals surface area contributed by atoms with Gasteiger partial charge < -0.3 is 76.1 Å². The number of benzene rings is 2. The Morgan fingerprint density at radius 1 is 0.590 bits per heavy atom. The van der Waals surface area contributed by atoms with Gasteiger partial charge in [0.25, 0.3) is 17.6 Å². The number of alkyl halides is 3. The largest absolute Gasteiger partial charge is 0.462 e. The van der Waals surface area contributed by atoms with Gasteiger partial charge in [0.15, 0.2) is 18.7 Å². The Hall–Kier alpha value is -8.59. The Bertz CT molecular complexity index is 4000. The van der Waals surface area contributed by atoms with Crippen molar-refractivity contribution in [3.8, 4) is 11.5 Å². The molecule has 0 saturated carbocycles. The highest BCUT2D eigenvalue weighted by Gasteiger charge is 2.66. The number of azide groups is 2. The fourth-order valence-corrected chi connectivity index (χ4v) is 12.5. The molecule has 3 saturated heterocycles. The molecular formula is C57H85F3N18O20P2. The fourth-order valence-electron chi connectivity index (χ4n) is 9.47. The molecule has 8 rings (SSSR count). The average Bonchev–Trinajstić information content (AvgIpc) is 1.60. The van der Waals surface area contributed by atoms with Crippen molar-refractivity contribution in [2.75, 3.05) is 37.0 Å². The number of hydrogen-bond acceptors (Lipinski definition) is 29. The molecular weight excluding hydrogens is 1380 g/mol. The van der Waals surface area contributed by atoms with Crippen LogP contribution in [0.3, 0.4) is 0 Å². The van der Waals surface area contributed by atoms with E-state index in [9.17, 15) is 52.8 Å². The number of aliphatic hydroxyl groups is 4. The van der Waals surface area contributed by atoms with Gasteiger partial charge in [-0.1, -0.05) is 68.9 Å². The third-order valence-corrected chi connectivity index (χ3v) is 17.6. The molecule has 6 heterocycles. The number of nitrogens with zero attached hydrogens (tertiary/aromatic N) is 12. The Labute approximate surface area is 570 Å². The molecule has 38 nitrogen and oxygen atoms in total. The first-order valence-corrected chi connectivity index (χ1v) is 31.9. The summed E-state index contributed by atoms with van der Waals surface area (Å²) >= 11 is 0. The van der Waals surface area contributed by atoms with E-state index in [1.54, 1.807) is 64.1 Å². The van der Waals surface area contributed by atoms with Crippen molar-refractivity contribution < 1.29 is 94.1 Å². The zero-order valence-corrected chi connectivity index (χ0v) is 54.9. The van der Waals surface area contributed by atoms with E-state index in [4.69, 9.17) is 80.9 Å². The highest BCUT2D eigenvalue weighted by atomic mass is 31.2. The summed E-state index contributed by atoms with van der Waals surface area (Å²) < 4.78 is 124. The predicted octanol–water partition coefficient (Wildman–Crippen LogP) is 5.17. The van der Waals surface area contributed by atoms with Crippen LogP contribution in [0.15, 0.2) is 122 Å². The Balaban J connectivity index is 0.000000400. The molecule has 0 spiro atoms. The third-order valence-electron chi connectivity index (χ3n) is 14.3. The Morgan fingerprint density at radius 2 is 0.900 bits per heavy atom. The smallest absolute Gasteiger partial charge is 0.459 e. The van der Waals surface area contributed by atoms with Crippen molar-refractivity contribution in [3.63, 3.8) is 0 Å². The van der Waals surface area contributed by atoms with Crippen molar-refractivity contribution in [1.29, 1.82) is 0 Å². The molecule has 554 valence electrons. The van der Waals surface area contributed by atoms with Gasteiger partial charge in [0.1, 0.15) is 90.2 Å². The number of ether oxygens (including phenoxy) is 5. The molecule has 0 bridgehead atoms. The molecule has 3 aliphatic heterocycles. The van der Waals surface area contributed by atoms with E-state index in [0.717, 1.165) is 33.0 Å². The van der Waals surface area contributed by atoms with Crippen LogP contribution in [0.2, 0.25) is 0 Å². The lowest BCUT2D eigenvalue weighted by atomic mass is 9.92. The molecule has 3 fully saturated rings. The number of esters is 2. The topological polar surface area (TPSA) is 563 Å². The lowest BCUT2D eigenvalue weighted by Crippen LogP contribution is -2.55. The summed E-state index contributed by atoms with van der Waals surface area (Å²) in [5, 5.41) is 52.3. The maximum Gasteiger partial charge on any atom is 0.459 e. The van der Waals surface area contributed by atoms with Crippen LogP contribution < -0.4 is 59.2 Å². The molecule has 3 aromatic heterocycles. The number of para-hydroxylation sites is 2. The minimum absolute atomic E-state index is 0. The second-order valence-corrected chi connectivity index (χ2v) is 26.4. The van der Waals surface area contributed by atoms with Gasteiger partial charge in [0.05, 0.1) is 17.7 Å². The number of nitrogens with one attached hydrogen (secondary N) is 2. The number of carbonyl (C=O) groups excluding carboxylic acids is 2. The maximum atomic E-state index is 16.2. The van der Waals surface area contributed by atoms with Crippen LogP contribution in [0.4, 0.5) is 30.6 Å². The second-order valence-electron chi connectivity index (χ2n) is 23.0.